The standard InChI is InChI=1S/C27H25FN4O/c1-18(2)20-8-6-19(7-9-20)16-29-27(33)21-10-12-24(13-11-21)32-26-15-25(30-17-31-26)22-4-3-5-23(28)14-22/h3-15,17-18H,16H2,1-2H3,(H,29,33)(H,30,31,32). The number of nitrogens with one attached hydrogen (secondary N) is 2. The van der Waals surface area contributed by atoms with Crippen molar-refractivity contribution in [1.82, 2.24) is 15.3 Å². The average molecular weight is 441 g/mol. The maximum Gasteiger partial charge on any atom is 0.251 e. The number of anilines is 2. The summed E-state index contributed by atoms with van der Waals surface area (Å²) < 4.78 is 13.5. The van der Waals surface area contributed by atoms with Gasteiger partial charge in [0.2, 0.25) is 0 Å². The van der Waals surface area contributed by atoms with E-state index in [1.54, 1.807) is 30.3 Å². The van der Waals surface area contributed by atoms with E-state index in [1.165, 1.54) is 24.0 Å². The van der Waals surface area contributed by atoms with Crippen LogP contribution in [-0.4, -0.2) is 15.9 Å². The second kappa shape index (κ2) is 10.0. The van der Waals surface area contributed by atoms with Crippen molar-refractivity contribution in [2.75, 3.05) is 5.32 Å². The van der Waals surface area contributed by atoms with E-state index in [1.807, 2.05) is 24.3 Å². The van der Waals surface area contributed by atoms with Crippen LogP contribution < -0.4 is 10.6 Å². The van der Waals surface area contributed by atoms with Crippen LogP contribution in [0.1, 0.15) is 41.3 Å². The summed E-state index contributed by atoms with van der Waals surface area (Å²) in [6.07, 6.45) is 1.43. The van der Waals surface area contributed by atoms with Crippen LogP contribution in [0.3, 0.4) is 0 Å². The second-order valence-corrected chi connectivity index (χ2v) is 8.08. The van der Waals surface area contributed by atoms with Crippen molar-refractivity contribution in [2.24, 2.45) is 0 Å². The monoisotopic (exact) mass is 440 g/mol. The molecule has 2 N–H and O–H groups in total. The zero-order valence-corrected chi connectivity index (χ0v) is 18.5. The van der Waals surface area contributed by atoms with Gasteiger partial charge in [-0.15, -0.1) is 0 Å². The van der Waals surface area contributed by atoms with Crippen molar-refractivity contribution in [3.05, 3.63) is 108 Å². The van der Waals surface area contributed by atoms with E-state index in [4.69, 9.17) is 0 Å². The molecule has 5 nitrogen and oxygen atoms in total. The van der Waals surface area contributed by atoms with Crippen molar-refractivity contribution in [3.8, 4) is 11.3 Å². The molecule has 0 saturated heterocycles. The molecule has 0 saturated carbocycles. The van der Waals surface area contributed by atoms with E-state index in [9.17, 15) is 9.18 Å². The maximum atomic E-state index is 13.5. The zero-order chi connectivity index (χ0) is 23.2. The van der Waals surface area contributed by atoms with Crippen LogP contribution in [-0.2, 0) is 6.54 Å². The van der Waals surface area contributed by atoms with Crippen molar-refractivity contribution < 1.29 is 9.18 Å². The van der Waals surface area contributed by atoms with Crippen LogP contribution in [0.4, 0.5) is 15.9 Å². The number of rotatable bonds is 7. The molecular formula is C27H25FN4O. The topological polar surface area (TPSA) is 66.9 Å². The molecular weight excluding hydrogens is 415 g/mol. The van der Waals surface area contributed by atoms with Gasteiger partial charge < -0.3 is 10.6 Å². The number of carbonyl (C=O) groups is 1. The Bertz CT molecular complexity index is 1240. The molecule has 1 aromatic heterocycles. The van der Waals surface area contributed by atoms with Gasteiger partial charge in [0.05, 0.1) is 5.69 Å². The Morgan fingerprint density at radius 2 is 1.70 bits per heavy atom. The van der Waals surface area contributed by atoms with Gasteiger partial charge in [-0.3, -0.25) is 4.79 Å². The van der Waals surface area contributed by atoms with E-state index >= 15 is 0 Å². The minimum atomic E-state index is -0.318. The van der Waals surface area contributed by atoms with Crippen LogP contribution in [0.15, 0.2) is 85.2 Å². The van der Waals surface area contributed by atoms with Gasteiger partial charge in [-0.25, -0.2) is 14.4 Å². The van der Waals surface area contributed by atoms with Gasteiger partial charge in [0.25, 0.3) is 5.91 Å². The molecule has 0 spiro atoms. The smallest absolute Gasteiger partial charge is 0.251 e. The number of benzene rings is 3. The molecule has 6 heteroatoms. The van der Waals surface area contributed by atoms with Crippen molar-refractivity contribution in [1.29, 1.82) is 0 Å². The molecule has 0 aliphatic heterocycles. The summed E-state index contributed by atoms with van der Waals surface area (Å²) in [7, 11) is 0. The van der Waals surface area contributed by atoms with Gasteiger partial charge in [-0.05, 0) is 53.4 Å². The van der Waals surface area contributed by atoms with Crippen LogP contribution >= 0.6 is 0 Å². The molecule has 0 unspecified atom stereocenters. The summed E-state index contributed by atoms with van der Waals surface area (Å²) in [5, 5.41) is 6.14. The average Bonchev–Trinajstić information content (AvgIpc) is 2.83. The lowest BCUT2D eigenvalue weighted by Crippen LogP contribution is -2.22. The number of hydrogen-bond donors (Lipinski definition) is 2. The van der Waals surface area contributed by atoms with Gasteiger partial charge in [-0.2, -0.15) is 0 Å². The number of aromatic nitrogens is 2. The van der Waals surface area contributed by atoms with Crippen molar-refractivity contribution >= 4 is 17.4 Å². The molecule has 33 heavy (non-hydrogen) atoms. The Labute approximate surface area is 192 Å². The normalized spacial score (nSPS) is 10.8. The number of hydrogen-bond acceptors (Lipinski definition) is 4. The molecule has 0 radical (unpaired) electrons. The van der Waals surface area contributed by atoms with Gasteiger partial charge in [0.15, 0.2) is 0 Å². The van der Waals surface area contributed by atoms with Gasteiger partial charge >= 0.3 is 0 Å². The number of halogens is 1. The summed E-state index contributed by atoms with van der Waals surface area (Å²) in [6, 6.07) is 23.4. The van der Waals surface area contributed by atoms with E-state index in [0.717, 1.165) is 11.3 Å². The second-order valence-electron chi connectivity index (χ2n) is 8.08. The van der Waals surface area contributed by atoms with Gasteiger partial charge in [0, 0.05) is 29.4 Å². The number of carbonyl (C=O) groups excluding carboxylic acids is 1. The van der Waals surface area contributed by atoms with E-state index in [-0.39, 0.29) is 11.7 Å². The fourth-order valence-corrected chi connectivity index (χ4v) is 3.39. The van der Waals surface area contributed by atoms with Crippen molar-refractivity contribution in [2.45, 2.75) is 26.3 Å². The first-order valence-corrected chi connectivity index (χ1v) is 10.8. The first-order valence-electron chi connectivity index (χ1n) is 10.8. The highest BCUT2D eigenvalue weighted by molar-refractivity contribution is 5.94. The maximum absolute atomic E-state index is 13.5. The van der Waals surface area contributed by atoms with Gasteiger partial charge in [-0.1, -0.05) is 50.2 Å². The summed E-state index contributed by atoms with van der Waals surface area (Å²) in [4.78, 5) is 21.0. The lowest BCUT2D eigenvalue weighted by molar-refractivity contribution is 0.0951. The summed E-state index contributed by atoms with van der Waals surface area (Å²) in [5.41, 5.74) is 4.97. The SMILES string of the molecule is CC(C)c1ccc(CNC(=O)c2ccc(Nc3cc(-c4cccc(F)c4)ncn3)cc2)cc1. The highest BCUT2D eigenvalue weighted by Gasteiger charge is 2.07. The van der Waals surface area contributed by atoms with Crippen LogP contribution in [0.25, 0.3) is 11.3 Å². The molecule has 0 bridgehead atoms. The molecule has 4 rings (SSSR count). The fourth-order valence-electron chi connectivity index (χ4n) is 3.39. The number of nitrogens with zero attached hydrogens (tertiary/aromatic N) is 2. The van der Waals surface area contributed by atoms with Crippen molar-refractivity contribution in [3.63, 3.8) is 0 Å². The fraction of sp³-hybridized carbons (Fsp3) is 0.148. The summed E-state index contributed by atoms with van der Waals surface area (Å²) >= 11 is 0. The third-order valence-electron chi connectivity index (χ3n) is 5.31. The Hall–Kier alpha value is -4.06. The Kier molecular flexibility index (Phi) is 6.74. The Morgan fingerprint density at radius 3 is 2.39 bits per heavy atom. The van der Waals surface area contributed by atoms with Crippen LogP contribution in [0.5, 0.6) is 0 Å². The highest BCUT2D eigenvalue weighted by Crippen LogP contribution is 2.22. The molecule has 1 amide bonds. The molecule has 3 aromatic carbocycles. The van der Waals surface area contributed by atoms with E-state index < -0.39 is 0 Å². The lowest BCUT2D eigenvalue weighted by Gasteiger charge is -2.10. The first kappa shape index (κ1) is 22.1. The summed E-state index contributed by atoms with van der Waals surface area (Å²) in [6.45, 7) is 4.79. The highest BCUT2D eigenvalue weighted by atomic mass is 19.1. The van der Waals surface area contributed by atoms with E-state index in [2.05, 4.69) is 46.6 Å². The Balaban J connectivity index is 1.37. The molecule has 0 atom stereocenters. The lowest BCUT2D eigenvalue weighted by atomic mass is 10.0. The molecule has 0 fully saturated rings. The predicted octanol–water partition coefficient (Wildman–Crippen LogP) is 6.08. The molecule has 4 aromatic rings. The van der Waals surface area contributed by atoms with Crippen LogP contribution in [0, 0.1) is 5.82 Å². The largest absolute Gasteiger partial charge is 0.348 e. The Morgan fingerprint density at radius 1 is 0.939 bits per heavy atom. The molecule has 1 heterocycles. The quantitative estimate of drug-likeness (QED) is 0.365. The predicted molar refractivity (Wildman–Crippen MR) is 129 cm³/mol. The number of amides is 1. The van der Waals surface area contributed by atoms with Crippen LogP contribution in [0.2, 0.25) is 0 Å². The minimum Gasteiger partial charge on any atom is -0.348 e. The zero-order valence-electron chi connectivity index (χ0n) is 18.5. The third-order valence-corrected chi connectivity index (χ3v) is 5.31. The molecule has 0 aliphatic rings. The molecule has 0 aliphatic carbocycles. The van der Waals surface area contributed by atoms with E-state index in [0.29, 0.717) is 35.1 Å². The van der Waals surface area contributed by atoms with Gasteiger partial charge in [0.1, 0.15) is 18.0 Å². The first-order chi connectivity index (χ1) is 16.0. The molecule has 166 valence electrons. The minimum absolute atomic E-state index is 0.134. The third kappa shape index (κ3) is 5.80. The summed E-state index contributed by atoms with van der Waals surface area (Å²) in [5.74, 6) is 0.606.